The summed E-state index contributed by atoms with van der Waals surface area (Å²) in [6, 6.07) is 15.3. The number of methoxy groups -OCH3 is 1. The molecule has 2 N–H and O–H groups in total. The van der Waals surface area contributed by atoms with Gasteiger partial charge in [-0.05, 0) is 30.2 Å². The van der Waals surface area contributed by atoms with E-state index in [4.69, 9.17) is 10.5 Å². The summed E-state index contributed by atoms with van der Waals surface area (Å²) in [5.74, 6) is 0.282. The highest BCUT2D eigenvalue weighted by Gasteiger charge is 2.05. The first kappa shape index (κ1) is 13.9. The van der Waals surface area contributed by atoms with Crippen molar-refractivity contribution in [1.82, 2.24) is 0 Å². The average Bonchev–Trinajstić information content (AvgIpc) is 2.48. The Bertz CT molecular complexity index is 618. The highest BCUT2D eigenvalue weighted by Crippen LogP contribution is 2.21. The molecule has 20 heavy (non-hydrogen) atoms. The van der Waals surface area contributed by atoms with Crippen LogP contribution >= 0.6 is 0 Å². The van der Waals surface area contributed by atoms with Crippen molar-refractivity contribution in [3.8, 4) is 5.75 Å². The van der Waals surface area contributed by atoms with E-state index in [1.807, 2.05) is 30.4 Å². The fraction of sp³-hybridized carbons (Fsp3) is 0.118. The van der Waals surface area contributed by atoms with Gasteiger partial charge < -0.3 is 10.5 Å². The van der Waals surface area contributed by atoms with Gasteiger partial charge in [-0.3, -0.25) is 4.79 Å². The molecule has 0 spiro atoms. The second-order valence-electron chi connectivity index (χ2n) is 4.41. The van der Waals surface area contributed by atoms with Gasteiger partial charge in [0.2, 0.25) is 5.91 Å². The largest absolute Gasteiger partial charge is 0.496 e. The zero-order valence-electron chi connectivity index (χ0n) is 11.4. The first-order valence-corrected chi connectivity index (χ1v) is 6.39. The summed E-state index contributed by atoms with van der Waals surface area (Å²) < 4.78 is 5.28. The van der Waals surface area contributed by atoms with Crippen LogP contribution in [0.3, 0.4) is 0 Å². The monoisotopic (exact) mass is 267 g/mol. The quantitative estimate of drug-likeness (QED) is 0.905. The molecule has 0 fully saturated rings. The third kappa shape index (κ3) is 3.48. The van der Waals surface area contributed by atoms with Crippen molar-refractivity contribution < 1.29 is 9.53 Å². The molecular formula is C17H17NO2. The Kier molecular flexibility index (Phi) is 4.56. The van der Waals surface area contributed by atoms with E-state index in [-0.39, 0.29) is 0 Å². The highest BCUT2D eigenvalue weighted by atomic mass is 16.5. The van der Waals surface area contributed by atoms with Crippen LogP contribution in [0.1, 0.15) is 21.5 Å². The third-order valence-corrected chi connectivity index (χ3v) is 3.01. The molecule has 3 heteroatoms. The summed E-state index contributed by atoms with van der Waals surface area (Å²) >= 11 is 0. The number of rotatable bonds is 5. The molecule has 0 aliphatic rings. The summed E-state index contributed by atoms with van der Waals surface area (Å²) in [6.45, 7) is 0. The summed E-state index contributed by atoms with van der Waals surface area (Å²) in [6.07, 6.45) is 4.81. The number of primary amides is 1. The second kappa shape index (κ2) is 6.57. The summed E-state index contributed by atoms with van der Waals surface area (Å²) in [5.41, 5.74) is 7.84. The molecule has 0 unspecified atom stereocenters. The van der Waals surface area contributed by atoms with E-state index in [0.717, 1.165) is 17.7 Å². The van der Waals surface area contributed by atoms with E-state index in [1.54, 1.807) is 25.3 Å². The van der Waals surface area contributed by atoms with Crippen LogP contribution in [0.5, 0.6) is 5.75 Å². The molecule has 0 radical (unpaired) electrons. The maximum Gasteiger partial charge on any atom is 0.248 e. The van der Waals surface area contributed by atoms with Gasteiger partial charge in [0, 0.05) is 11.1 Å². The number of benzene rings is 2. The highest BCUT2D eigenvalue weighted by molar-refractivity contribution is 5.93. The minimum atomic E-state index is -0.439. The fourth-order valence-electron chi connectivity index (χ4n) is 1.95. The summed E-state index contributed by atoms with van der Waals surface area (Å²) in [5, 5.41) is 0. The molecule has 0 aliphatic carbocycles. The maximum absolute atomic E-state index is 11.2. The van der Waals surface area contributed by atoms with Gasteiger partial charge >= 0.3 is 0 Å². The molecule has 102 valence electrons. The first-order chi connectivity index (χ1) is 9.70. The Balaban J connectivity index is 2.18. The van der Waals surface area contributed by atoms with Crippen molar-refractivity contribution in [1.29, 1.82) is 0 Å². The lowest BCUT2D eigenvalue weighted by atomic mass is 10.1. The first-order valence-electron chi connectivity index (χ1n) is 6.39. The zero-order valence-corrected chi connectivity index (χ0v) is 11.4. The van der Waals surface area contributed by atoms with Crippen molar-refractivity contribution in [2.24, 2.45) is 5.73 Å². The van der Waals surface area contributed by atoms with Crippen LogP contribution in [-0.2, 0) is 6.42 Å². The lowest BCUT2D eigenvalue weighted by molar-refractivity contribution is 0.1000. The molecule has 0 bridgehead atoms. The molecule has 1 amide bonds. The van der Waals surface area contributed by atoms with Crippen LogP contribution in [0.2, 0.25) is 0 Å². The van der Waals surface area contributed by atoms with Gasteiger partial charge in [-0.2, -0.15) is 0 Å². The van der Waals surface area contributed by atoms with Crippen molar-refractivity contribution in [2.45, 2.75) is 6.42 Å². The number of amides is 1. The van der Waals surface area contributed by atoms with Gasteiger partial charge in [0.05, 0.1) is 7.11 Å². The van der Waals surface area contributed by atoms with Crippen LogP contribution in [0, 0.1) is 0 Å². The Labute approximate surface area is 118 Å². The Morgan fingerprint density at radius 3 is 2.60 bits per heavy atom. The van der Waals surface area contributed by atoms with E-state index in [1.165, 1.54) is 5.56 Å². The van der Waals surface area contributed by atoms with Gasteiger partial charge in [0.25, 0.3) is 0 Å². The van der Waals surface area contributed by atoms with Crippen molar-refractivity contribution >= 4 is 12.0 Å². The molecule has 0 atom stereocenters. The molecule has 2 rings (SSSR count). The normalized spacial score (nSPS) is 10.7. The molecule has 0 saturated heterocycles. The SMILES string of the molecule is COc1ccc(C(N)=O)cc1/C=C/Cc1ccccc1. The number of carbonyl (C=O) groups excluding carboxylic acids is 1. The number of hydrogen-bond donors (Lipinski definition) is 1. The van der Waals surface area contributed by atoms with E-state index in [0.29, 0.717) is 5.56 Å². The maximum atomic E-state index is 11.2. The van der Waals surface area contributed by atoms with E-state index in [2.05, 4.69) is 12.1 Å². The number of allylic oxidation sites excluding steroid dienone is 1. The van der Waals surface area contributed by atoms with E-state index in [9.17, 15) is 4.79 Å². The van der Waals surface area contributed by atoms with Crippen molar-refractivity contribution in [3.05, 3.63) is 71.3 Å². The number of ether oxygens (including phenoxy) is 1. The van der Waals surface area contributed by atoms with Gasteiger partial charge in [-0.1, -0.05) is 42.5 Å². The van der Waals surface area contributed by atoms with Gasteiger partial charge in [0.15, 0.2) is 0 Å². The van der Waals surface area contributed by atoms with Crippen molar-refractivity contribution in [2.75, 3.05) is 7.11 Å². The van der Waals surface area contributed by atoms with Crippen LogP contribution in [0.15, 0.2) is 54.6 Å². The lowest BCUT2D eigenvalue weighted by Gasteiger charge is -2.06. The average molecular weight is 267 g/mol. The van der Waals surface area contributed by atoms with Gasteiger partial charge in [0.1, 0.15) is 5.75 Å². The smallest absolute Gasteiger partial charge is 0.248 e. The number of nitrogens with two attached hydrogens (primary N) is 1. The van der Waals surface area contributed by atoms with Crippen LogP contribution in [0.4, 0.5) is 0 Å². The van der Waals surface area contributed by atoms with Crippen LogP contribution in [0.25, 0.3) is 6.08 Å². The minimum absolute atomic E-state index is 0.439. The van der Waals surface area contributed by atoms with E-state index < -0.39 is 5.91 Å². The fourth-order valence-corrected chi connectivity index (χ4v) is 1.95. The van der Waals surface area contributed by atoms with Gasteiger partial charge in [-0.15, -0.1) is 0 Å². The number of hydrogen-bond acceptors (Lipinski definition) is 2. The Morgan fingerprint density at radius 2 is 1.95 bits per heavy atom. The molecule has 0 saturated carbocycles. The lowest BCUT2D eigenvalue weighted by Crippen LogP contribution is -2.10. The molecular weight excluding hydrogens is 250 g/mol. The van der Waals surface area contributed by atoms with Gasteiger partial charge in [-0.25, -0.2) is 0 Å². The molecule has 0 heterocycles. The van der Waals surface area contributed by atoms with Crippen molar-refractivity contribution in [3.63, 3.8) is 0 Å². The third-order valence-electron chi connectivity index (χ3n) is 3.01. The summed E-state index contributed by atoms with van der Waals surface area (Å²) in [7, 11) is 1.60. The summed E-state index contributed by atoms with van der Waals surface area (Å²) in [4.78, 5) is 11.2. The number of carbonyl (C=O) groups is 1. The molecule has 2 aromatic rings. The van der Waals surface area contributed by atoms with E-state index >= 15 is 0 Å². The molecule has 0 aliphatic heterocycles. The predicted octanol–water partition coefficient (Wildman–Crippen LogP) is 3.05. The standard InChI is InChI=1S/C17H17NO2/c1-20-16-11-10-15(17(18)19)12-14(16)9-5-8-13-6-3-2-4-7-13/h2-7,9-12H,8H2,1H3,(H2,18,19)/b9-5+. The molecule has 3 nitrogen and oxygen atoms in total. The minimum Gasteiger partial charge on any atom is -0.496 e. The predicted molar refractivity (Wildman–Crippen MR) is 80.7 cm³/mol. The molecule has 2 aromatic carbocycles. The van der Waals surface area contributed by atoms with Crippen LogP contribution in [-0.4, -0.2) is 13.0 Å². The van der Waals surface area contributed by atoms with Crippen LogP contribution < -0.4 is 10.5 Å². The second-order valence-corrected chi connectivity index (χ2v) is 4.41. The topological polar surface area (TPSA) is 52.3 Å². The Hall–Kier alpha value is -2.55. The molecule has 0 aromatic heterocycles. The Morgan fingerprint density at radius 1 is 1.20 bits per heavy atom. The zero-order chi connectivity index (χ0) is 14.4.